The summed E-state index contributed by atoms with van der Waals surface area (Å²) in [5, 5.41) is 8.93. The van der Waals surface area contributed by atoms with Crippen LogP contribution in [0.15, 0.2) is 12.4 Å². The average molecular weight is 152 g/mol. The van der Waals surface area contributed by atoms with Gasteiger partial charge < -0.3 is 0 Å². The largest absolute Gasteiger partial charge is 0.273 e. The second kappa shape index (κ2) is 2.34. The van der Waals surface area contributed by atoms with Gasteiger partial charge in [0.05, 0.1) is 12.4 Å². The highest BCUT2D eigenvalue weighted by atomic mass is 16.2. The molecule has 5 nitrogen and oxygen atoms in total. The van der Waals surface area contributed by atoms with Gasteiger partial charge in [-0.25, -0.2) is 5.01 Å². The molecule has 0 aliphatic carbocycles. The lowest BCUT2D eigenvalue weighted by Crippen LogP contribution is -2.35. The maximum Gasteiger partial charge on any atom is 0.242 e. The van der Waals surface area contributed by atoms with Crippen molar-refractivity contribution < 1.29 is 4.79 Å². The van der Waals surface area contributed by atoms with Crippen LogP contribution in [0, 0.1) is 0 Å². The number of carbonyl (C=O) groups excluding carboxylic acids is 1. The van der Waals surface area contributed by atoms with Crippen molar-refractivity contribution in [3.63, 3.8) is 0 Å². The molecule has 0 radical (unpaired) electrons. The summed E-state index contributed by atoms with van der Waals surface area (Å²) < 4.78 is 0. The fourth-order valence-corrected chi connectivity index (χ4v) is 1.18. The third-order valence-corrected chi connectivity index (χ3v) is 1.71. The molecule has 5 heteroatoms. The van der Waals surface area contributed by atoms with E-state index in [9.17, 15) is 4.79 Å². The van der Waals surface area contributed by atoms with Crippen molar-refractivity contribution in [3.8, 4) is 0 Å². The molecule has 11 heavy (non-hydrogen) atoms. The lowest BCUT2D eigenvalue weighted by Gasteiger charge is -2.12. The van der Waals surface area contributed by atoms with Crippen molar-refractivity contribution in [1.29, 1.82) is 0 Å². The summed E-state index contributed by atoms with van der Waals surface area (Å²) in [6, 6.07) is 0. The lowest BCUT2D eigenvalue weighted by molar-refractivity contribution is -0.118. The van der Waals surface area contributed by atoms with E-state index in [1.165, 1.54) is 4.79 Å². The summed E-state index contributed by atoms with van der Waals surface area (Å²) in [5.74, 6) is 0.121. The lowest BCUT2D eigenvalue weighted by atomic mass is 10.4. The van der Waals surface area contributed by atoms with Crippen molar-refractivity contribution in [2.75, 3.05) is 11.6 Å². The third kappa shape index (κ3) is 0.978. The van der Waals surface area contributed by atoms with Gasteiger partial charge in [0.25, 0.3) is 0 Å². The Bertz CT molecular complexity index is 256. The minimum absolute atomic E-state index is 0.121. The predicted octanol–water partition coefficient (Wildman–Crippen LogP) is -0.464. The Morgan fingerprint density at radius 3 is 3.00 bits per heavy atom. The van der Waals surface area contributed by atoms with Gasteiger partial charge in [-0.1, -0.05) is 0 Å². The molecule has 1 fully saturated rings. The predicted molar refractivity (Wildman–Crippen MR) is 37.3 cm³/mol. The number of rotatable bonds is 1. The highest BCUT2D eigenvalue weighted by Crippen LogP contribution is 2.06. The van der Waals surface area contributed by atoms with E-state index in [2.05, 4.69) is 10.3 Å². The Kier molecular flexibility index (Phi) is 1.34. The quantitative estimate of drug-likeness (QED) is 0.547. The van der Waals surface area contributed by atoms with Gasteiger partial charge >= 0.3 is 0 Å². The van der Waals surface area contributed by atoms with Gasteiger partial charge in [-0.3, -0.25) is 4.79 Å². The maximum absolute atomic E-state index is 11.1. The summed E-state index contributed by atoms with van der Waals surface area (Å²) in [4.78, 5) is 12.6. The molecule has 0 bridgehead atoms. The molecule has 1 amide bonds. The van der Waals surface area contributed by atoms with Gasteiger partial charge in [-0.2, -0.15) is 4.79 Å². The van der Waals surface area contributed by atoms with Gasteiger partial charge in [0.15, 0.2) is 0 Å². The van der Waals surface area contributed by atoms with Crippen LogP contribution in [-0.2, 0) is 4.79 Å². The average Bonchev–Trinajstić information content (AvgIpc) is 2.55. The van der Waals surface area contributed by atoms with E-state index in [4.69, 9.17) is 0 Å². The molecule has 0 atom stereocenters. The number of aromatic nitrogens is 3. The number of amides is 1. The van der Waals surface area contributed by atoms with E-state index in [1.807, 2.05) is 0 Å². The Labute approximate surface area is 63.6 Å². The molecule has 0 N–H and O–H groups in total. The molecule has 1 aliphatic rings. The second-order valence-corrected chi connectivity index (χ2v) is 2.44. The molecule has 1 aliphatic heterocycles. The molecule has 1 aromatic rings. The topological polar surface area (TPSA) is 51.0 Å². The first-order valence-electron chi connectivity index (χ1n) is 3.55. The first kappa shape index (κ1) is 6.33. The van der Waals surface area contributed by atoms with Crippen molar-refractivity contribution >= 4 is 5.91 Å². The standard InChI is InChI=1S/C6H8N4O/c11-6-2-1-4-9(6)10-5-3-7-8-10/h3,5H,1-2,4H2. The number of hydrogen-bond donors (Lipinski definition) is 0. The highest BCUT2D eigenvalue weighted by molar-refractivity contribution is 5.87. The monoisotopic (exact) mass is 152 g/mol. The second-order valence-electron chi connectivity index (χ2n) is 2.44. The molecule has 2 heterocycles. The van der Waals surface area contributed by atoms with Crippen LogP contribution < -0.4 is 5.01 Å². The SMILES string of the molecule is O=C1CCCN1n1ccnn1. The molecule has 0 saturated carbocycles. The molecular weight excluding hydrogens is 144 g/mol. The Hall–Kier alpha value is -1.39. The van der Waals surface area contributed by atoms with Crippen molar-refractivity contribution in [2.45, 2.75) is 12.8 Å². The van der Waals surface area contributed by atoms with E-state index in [0.29, 0.717) is 6.42 Å². The van der Waals surface area contributed by atoms with E-state index in [0.717, 1.165) is 13.0 Å². The van der Waals surface area contributed by atoms with Gasteiger partial charge in [0.2, 0.25) is 5.91 Å². The van der Waals surface area contributed by atoms with E-state index in [1.54, 1.807) is 17.4 Å². The van der Waals surface area contributed by atoms with Crippen LogP contribution in [0.4, 0.5) is 0 Å². The molecule has 1 saturated heterocycles. The zero-order valence-electron chi connectivity index (χ0n) is 5.97. The summed E-state index contributed by atoms with van der Waals surface area (Å²) in [6.45, 7) is 0.752. The summed E-state index contributed by atoms with van der Waals surface area (Å²) in [6.07, 6.45) is 4.77. The number of carbonyl (C=O) groups is 1. The molecule has 0 spiro atoms. The molecule has 1 aromatic heterocycles. The van der Waals surface area contributed by atoms with Gasteiger partial charge in [0, 0.05) is 13.0 Å². The fraction of sp³-hybridized carbons (Fsp3) is 0.500. The molecular formula is C6H8N4O. The van der Waals surface area contributed by atoms with Crippen LogP contribution in [0.25, 0.3) is 0 Å². The third-order valence-electron chi connectivity index (χ3n) is 1.71. The molecule has 0 unspecified atom stereocenters. The van der Waals surface area contributed by atoms with E-state index < -0.39 is 0 Å². The first-order valence-corrected chi connectivity index (χ1v) is 3.55. The number of hydrogen-bond acceptors (Lipinski definition) is 3. The normalized spacial score (nSPS) is 17.8. The first-order chi connectivity index (χ1) is 5.38. The smallest absolute Gasteiger partial charge is 0.242 e. The summed E-state index contributed by atoms with van der Waals surface area (Å²) >= 11 is 0. The number of nitrogens with zero attached hydrogens (tertiary/aromatic N) is 4. The van der Waals surface area contributed by atoms with Crippen LogP contribution in [0.2, 0.25) is 0 Å². The summed E-state index contributed by atoms with van der Waals surface area (Å²) in [7, 11) is 0. The zero-order chi connectivity index (χ0) is 7.68. The fourth-order valence-electron chi connectivity index (χ4n) is 1.18. The van der Waals surface area contributed by atoms with E-state index >= 15 is 0 Å². The zero-order valence-corrected chi connectivity index (χ0v) is 5.97. The van der Waals surface area contributed by atoms with Crippen LogP contribution in [0.1, 0.15) is 12.8 Å². The van der Waals surface area contributed by atoms with Gasteiger partial charge in [0.1, 0.15) is 0 Å². The van der Waals surface area contributed by atoms with Crippen molar-refractivity contribution in [1.82, 2.24) is 15.1 Å². The summed E-state index contributed by atoms with van der Waals surface area (Å²) in [5.41, 5.74) is 0. The van der Waals surface area contributed by atoms with Gasteiger partial charge in [-0.05, 0) is 11.6 Å². The molecule has 58 valence electrons. The van der Waals surface area contributed by atoms with Crippen LogP contribution in [0.3, 0.4) is 0 Å². The highest BCUT2D eigenvalue weighted by Gasteiger charge is 2.21. The van der Waals surface area contributed by atoms with Gasteiger partial charge in [-0.15, -0.1) is 5.10 Å². The molecule has 2 rings (SSSR count). The van der Waals surface area contributed by atoms with Crippen molar-refractivity contribution in [3.05, 3.63) is 12.4 Å². The minimum Gasteiger partial charge on any atom is -0.273 e. The minimum atomic E-state index is 0.121. The molecule has 0 aromatic carbocycles. The Morgan fingerprint density at radius 1 is 1.55 bits per heavy atom. The Balaban J connectivity index is 2.23. The van der Waals surface area contributed by atoms with Crippen LogP contribution in [0.5, 0.6) is 0 Å². The van der Waals surface area contributed by atoms with Crippen LogP contribution >= 0.6 is 0 Å². The Morgan fingerprint density at radius 2 is 2.45 bits per heavy atom. The van der Waals surface area contributed by atoms with Crippen LogP contribution in [-0.4, -0.2) is 27.6 Å². The van der Waals surface area contributed by atoms with Crippen molar-refractivity contribution in [2.24, 2.45) is 0 Å². The van der Waals surface area contributed by atoms with E-state index in [-0.39, 0.29) is 5.91 Å². The maximum atomic E-state index is 11.1.